The van der Waals surface area contributed by atoms with Crippen molar-refractivity contribution in [2.75, 3.05) is 19.0 Å². The number of carbonyl (C=O) groups excluding carboxylic acids is 2. The minimum absolute atomic E-state index is 0.00137. The third-order valence-electron chi connectivity index (χ3n) is 4.36. The molecule has 3 aromatic rings. The Morgan fingerprint density at radius 2 is 1.90 bits per heavy atom. The number of nitrogens with zero attached hydrogens (tertiary/aromatic N) is 2. The largest absolute Gasteiger partial charge is 0.383 e. The number of pyridine rings is 2. The Bertz CT molecular complexity index is 1100. The van der Waals surface area contributed by atoms with E-state index in [0.29, 0.717) is 22.1 Å². The fourth-order valence-corrected chi connectivity index (χ4v) is 3.01. The van der Waals surface area contributed by atoms with Crippen LogP contribution in [-0.4, -0.2) is 41.1 Å². The third-order valence-corrected chi connectivity index (χ3v) is 4.58. The van der Waals surface area contributed by atoms with Crippen LogP contribution in [-0.2, 0) is 9.53 Å². The summed E-state index contributed by atoms with van der Waals surface area (Å²) in [6, 6.07) is 14.1. The van der Waals surface area contributed by atoms with Crippen molar-refractivity contribution in [2.24, 2.45) is 0 Å². The number of hydrogen-bond donors (Lipinski definition) is 2. The third kappa shape index (κ3) is 6.24. The molecule has 3 rings (SSSR count). The van der Waals surface area contributed by atoms with Gasteiger partial charge in [-0.25, -0.2) is 4.98 Å². The molecule has 2 N–H and O–H groups in total. The first-order chi connectivity index (χ1) is 15.0. The molecule has 0 aliphatic heterocycles. The molecule has 1 unspecified atom stereocenters. The zero-order chi connectivity index (χ0) is 22.2. The number of amides is 2. The number of ether oxygens (including phenoxy) is 1. The summed E-state index contributed by atoms with van der Waals surface area (Å²) in [5.41, 5.74) is 0.875. The van der Waals surface area contributed by atoms with Gasteiger partial charge in [-0.1, -0.05) is 17.7 Å². The number of methoxy groups -OCH3 is 1. The molecule has 0 fully saturated rings. The van der Waals surface area contributed by atoms with Crippen molar-refractivity contribution in [1.29, 1.82) is 0 Å². The highest BCUT2D eigenvalue weighted by molar-refractivity contribution is 6.30. The van der Waals surface area contributed by atoms with Crippen molar-refractivity contribution in [1.82, 2.24) is 14.9 Å². The van der Waals surface area contributed by atoms with Gasteiger partial charge in [0.1, 0.15) is 5.82 Å². The van der Waals surface area contributed by atoms with E-state index in [1.54, 1.807) is 54.7 Å². The van der Waals surface area contributed by atoms with E-state index < -0.39 is 6.04 Å². The predicted octanol–water partition coefficient (Wildman–Crippen LogP) is 2.66. The topological polar surface area (TPSA) is 102 Å². The van der Waals surface area contributed by atoms with E-state index in [1.165, 1.54) is 23.9 Å². The van der Waals surface area contributed by atoms with E-state index in [2.05, 4.69) is 15.6 Å². The van der Waals surface area contributed by atoms with Crippen molar-refractivity contribution >= 4 is 29.2 Å². The average molecular weight is 441 g/mol. The summed E-state index contributed by atoms with van der Waals surface area (Å²) in [7, 11) is 1.49. The van der Waals surface area contributed by atoms with Gasteiger partial charge >= 0.3 is 0 Å². The molecule has 0 saturated heterocycles. The Morgan fingerprint density at radius 1 is 1.13 bits per heavy atom. The molecule has 0 aliphatic carbocycles. The summed E-state index contributed by atoms with van der Waals surface area (Å²) in [4.78, 5) is 40.9. The maximum atomic E-state index is 12.6. The molecular formula is C22H21ClN4O4. The number of hydrogen-bond acceptors (Lipinski definition) is 5. The molecule has 160 valence electrons. The Morgan fingerprint density at radius 3 is 2.55 bits per heavy atom. The number of aromatic nitrogens is 2. The van der Waals surface area contributed by atoms with Crippen molar-refractivity contribution in [3.8, 4) is 5.69 Å². The summed E-state index contributed by atoms with van der Waals surface area (Å²) in [6.45, 7) is 0.157. The molecule has 1 atom stereocenters. The molecule has 0 radical (unpaired) electrons. The molecule has 0 aliphatic rings. The first-order valence-corrected chi connectivity index (χ1v) is 9.83. The van der Waals surface area contributed by atoms with Gasteiger partial charge in [-0.3, -0.25) is 19.0 Å². The van der Waals surface area contributed by atoms with Gasteiger partial charge in [0.2, 0.25) is 5.91 Å². The fraction of sp³-hybridized carbons (Fsp3) is 0.182. The zero-order valence-corrected chi connectivity index (χ0v) is 17.5. The van der Waals surface area contributed by atoms with Crippen LogP contribution in [0.2, 0.25) is 5.02 Å². The lowest BCUT2D eigenvalue weighted by atomic mass is 10.1. The second kappa shape index (κ2) is 10.5. The number of anilines is 1. The summed E-state index contributed by atoms with van der Waals surface area (Å²) < 4.78 is 6.61. The van der Waals surface area contributed by atoms with Crippen LogP contribution in [0.4, 0.5) is 5.82 Å². The minimum Gasteiger partial charge on any atom is -0.383 e. The lowest BCUT2D eigenvalue weighted by Crippen LogP contribution is -2.40. The molecule has 1 aromatic carbocycles. The maximum Gasteiger partial charge on any atom is 0.255 e. The van der Waals surface area contributed by atoms with Crippen LogP contribution in [0.3, 0.4) is 0 Å². The van der Waals surface area contributed by atoms with E-state index in [1.807, 2.05) is 0 Å². The summed E-state index contributed by atoms with van der Waals surface area (Å²) >= 11 is 5.79. The van der Waals surface area contributed by atoms with Crippen LogP contribution in [0, 0.1) is 0 Å². The first-order valence-electron chi connectivity index (χ1n) is 9.45. The van der Waals surface area contributed by atoms with Crippen molar-refractivity contribution in [3.63, 3.8) is 0 Å². The van der Waals surface area contributed by atoms with Crippen LogP contribution in [0.25, 0.3) is 5.69 Å². The Balaban J connectivity index is 1.63. The number of rotatable bonds is 8. The molecule has 31 heavy (non-hydrogen) atoms. The van der Waals surface area contributed by atoms with Crippen LogP contribution in [0.15, 0.2) is 71.8 Å². The van der Waals surface area contributed by atoms with Gasteiger partial charge in [0.05, 0.1) is 17.7 Å². The highest BCUT2D eigenvalue weighted by Gasteiger charge is 2.18. The van der Waals surface area contributed by atoms with Crippen LogP contribution in [0.5, 0.6) is 0 Å². The first kappa shape index (κ1) is 22.2. The second-order valence-electron chi connectivity index (χ2n) is 6.70. The summed E-state index contributed by atoms with van der Waals surface area (Å²) in [5, 5.41) is 5.91. The summed E-state index contributed by atoms with van der Waals surface area (Å²) in [5.74, 6) is -0.314. The van der Waals surface area contributed by atoms with Crippen LogP contribution in [0.1, 0.15) is 16.8 Å². The zero-order valence-electron chi connectivity index (χ0n) is 16.7. The number of benzene rings is 1. The van der Waals surface area contributed by atoms with Crippen molar-refractivity contribution < 1.29 is 14.3 Å². The molecule has 0 saturated carbocycles. The van der Waals surface area contributed by atoms with Gasteiger partial charge < -0.3 is 15.4 Å². The lowest BCUT2D eigenvalue weighted by Gasteiger charge is -2.18. The number of carbonyl (C=O) groups is 2. The van der Waals surface area contributed by atoms with Gasteiger partial charge in [-0.2, -0.15) is 0 Å². The van der Waals surface area contributed by atoms with Gasteiger partial charge in [0.25, 0.3) is 11.5 Å². The van der Waals surface area contributed by atoms with E-state index in [-0.39, 0.29) is 30.4 Å². The molecule has 9 heteroatoms. The SMILES string of the molecule is COCC(CC(=O)Nc1ccc(Cl)cn1)NC(=O)c1ccc(-n2ccccc2=O)cc1. The fourth-order valence-electron chi connectivity index (χ4n) is 2.90. The highest BCUT2D eigenvalue weighted by atomic mass is 35.5. The van der Waals surface area contributed by atoms with Crippen LogP contribution < -0.4 is 16.2 Å². The molecule has 2 heterocycles. The number of nitrogens with one attached hydrogen (secondary N) is 2. The standard InChI is InChI=1S/C22H21ClN4O4/c1-31-14-17(12-20(28)26-19-10-7-16(23)13-24-19)25-22(30)15-5-8-18(9-6-15)27-11-3-2-4-21(27)29/h2-11,13,17H,12,14H2,1H3,(H,25,30)(H,24,26,28). The van der Waals surface area contributed by atoms with E-state index in [4.69, 9.17) is 16.3 Å². The minimum atomic E-state index is -0.541. The quantitative estimate of drug-likeness (QED) is 0.560. The van der Waals surface area contributed by atoms with Gasteiger partial charge in [0.15, 0.2) is 0 Å². The lowest BCUT2D eigenvalue weighted by molar-refractivity contribution is -0.116. The molecule has 0 bridgehead atoms. The Labute approximate surface area is 183 Å². The second-order valence-corrected chi connectivity index (χ2v) is 7.13. The van der Waals surface area contributed by atoms with Gasteiger partial charge in [-0.15, -0.1) is 0 Å². The number of halogens is 1. The average Bonchev–Trinajstić information content (AvgIpc) is 2.76. The van der Waals surface area contributed by atoms with Crippen molar-refractivity contribution in [3.05, 3.63) is 87.9 Å². The molecule has 2 amide bonds. The van der Waals surface area contributed by atoms with Crippen molar-refractivity contribution in [2.45, 2.75) is 12.5 Å². The van der Waals surface area contributed by atoms with E-state index in [9.17, 15) is 14.4 Å². The normalized spacial score (nSPS) is 11.5. The van der Waals surface area contributed by atoms with E-state index in [0.717, 1.165) is 0 Å². The van der Waals surface area contributed by atoms with Gasteiger partial charge in [0, 0.05) is 43.2 Å². The smallest absolute Gasteiger partial charge is 0.255 e. The predicted molar refractivity (Wildman–Crippen MR) is 118 cm³/mol. The maximum absolute atomic E-state index is 12.6. The molecule has 0 spiro atoms. The Hall–Kier alpha value is -3.49. The van der Waals surface area contributed by atoms with Gasteiger partial charge in [-0.05, 0) is 42.5 Å². The summed E-state index contributed by atoms with van der Waals surface area (Å²) in [6.07, 6.45) is 3.08. The molecule has 2 aromatic heterocycles. The highest BCUT2D eigenvalue weighted by Crippen LogP contribution is 2.11. The molecular weight excluding hydrogens is 420 g/mol. The van der Waals surface area contributed by atoms with Crippen LogP contribution >= 0.6 is 11.6 Å². The Kier molecular flexibility index (Phi) is 7.53. The monoisotopic (exact) mass is 440 g/mol. The molecule has 8 nitrogen and oxygen atoms in total. The van der Waals surface area contributed by atoms with E-state index >= 15 is 0 Å².